The highest BCUT2D eigenvalue weighted by Gasteiger charge is 2.35. The summed E-state index contributed by atoms with van der Waals surface area (Å²) in [6.45, 7) is 9.50. The minimum Gasteiger partial charge on any atom is -0.329 e. The molecule has 1 saturated heterocycles. The Bertz CT molecular complexity index is 362. The van der Waals surface area contributed by atoms with Crippen molar-refractivity contribution in [2.75, 3.05) is 19.6 Å². The lowest BCUT2D eigenvalue weighted by molar-refractivity contribution is 0.264. The number of piperidine rings is 1. The van der Waals surface area contributed by atoms with E-state index in [-0.39, 0.29) is 5.92 Å². The molecule has 6 heteroatoms. The van der Waals surface area contributed by atoms with E-state index in [1.54, 1.807) is 4.31 Å². The van der Waals surface area contributed by atoms with Crippen LogP contribution in [0.1, 0.15) is 40.5 Å². The van der Waals surface area contributed by atoms with Crippen molar-refractivity contribution >= 4 is 10.2 Å². The molecule has 1 heterocycles. The van der Waals surface area contributed by atoms with Crippen LogP contribution in [-0.4, -0.2) is 37.9 Å². The fourth-order valence-corrected chi connectivity index (χ4v) is 3.71. The fourth-order valence-electron chi connectivity index (χ4n) is 1.98. The molecule has 0 spiro atoms. The lowest BCUT2D eigenvalue weighted by Crippen LogP contribution is -2.59. The zero-order chi connectivity index (χ0) is 14.0. The number of hydrogen-bond donors (Lipinski definition) is 2. The van der Waals surface area contributed by atoms with Gasteiger partial charge in [-0.15, -0.1) is 0 Å². The third kappa shape index (κ3) is 3.66. The molecule has 0 bridgehead atoms. The van der Waals surface area contributed by atoms with Crippen LogP contribution in [0, 0.1) is 11.8 Å². The number of nitrogens with two attached hydrogens (primary N) is 1. The second-order valence-electron chi connectivity index (χ2n) is 5.96. The molecule has 0 saturated carbocycles. The summed E-state index contributed by atoms with van der Waals surface area (Å²) in [5, 5.41) is 0. The van der Waals surface area contributed by atoms with E-state index in [2.05, 4.69) is 11.6 Å². The summed E-state index contributed by atoms with van der Waals surface area (Å²) in [5.74, 6) is 0.767. The molecule has 0 aromatic carbocycles. The van der Waals surface area contributed by atoms with Gasteiger partial charge in [-0.2, -0.15) is 17.4 Å². The number of rotatable bonds is 5. The molecule has 1 aliphatic heterocycles. The van der Waals surface area contributed by atoms with E-state index >= 15 is 0 Å². The first-order valence-corrected chi connectivity index (χ1v) is 8.14. The molecule has 0 aromatic rings. The van der Waals surface area contributed by atoms with Crippen LogP contribution in [0.5, 0.6) is 0 Å². The van der Waals surface area contributed by atoms with Gasteiger partial charge in [0.2, 0.25) is 0 Å². The first-order chi connectivity index (χ1) is 8.21. The zero-order valence-electron chi connectivity index (χ0n) is 11.9. The predicted octanol–water partition coefficient (Wildman–Crippen LogP) is 0.926. The van der Waals surface area contributed by atoms with Gasteiger partial charge in [0.15, 0.2) is 0 Å². The SMILES string of the molecule is CC1CCN(S(=O)(=O)NC(C)(CN)C(C)C)CC1. The Morgan fingerprint density at radius 1 is 1.39 bits per heavy atom. The van der Waals surface area contributed by atoms with Crippen molar-refractivity contribution in [3.63, 3.8) is 0 Å². The van der Waals surface area contributed by atoms with Gasteiger partial charge < -0.3 is 5.73 Å². The molecule has 108 valence electrons. The monoisotopic (exact) mass is 277 g/mol. The van der Waals surface area contributed by atoms with E-state index in [0.717, 1.165) is 12.8 Å². The Morgan fingerprint density at radius 2 is 1.89 bits per heavy atom. The summed E-state index contributed by atoms with van der Waals surface area (Å²) in [6.07, 6.45) is 1.86. The average molecular weight is 277 g/mol. The molecule has 5 nitrogen and oxygen atoms in total. The van der Waals surface area contributed by atoms with E-state index in [0.29, 0.717) is 25.6 Å². The highest BCUT2D eigenvalue weighted by atomic mass is 32.2. The van der Waals surface area contributed by atoms with Crippen LogP contribution in [0.4, 0.5) is 0 Å². The predicted molar refractivity (Wildman–Crippen MR) is 74.3 cm³/mol. The standard InChI is InChI=1S/C12H27N3O2S/c1-10(2)12(4,9-13)14-18(16,17)15-7-5-11(3)6-8-15/h10-11,14H,5-9,13H2,1-4H3. The van der Waals surface area contributed by atoms with Crippen molar-refractivity contribution in [1.29, 1.82) is 0 Å². The third-order valence-electron chi connectivity index (χ3n) is 4.14. The third-order valence-corrected chi connectivity index (χ3v) is 5.91. The van der Waals surface area contributed by atoms with Crippen molar-refractivity contribution in [2.24, 2.45) is 17.6 Å². The normalized spacial score (nSPS) is 23.2. The maximum absolute atomic E-state index is 12.3. The van der Waals surface area contributed by atoms with Gasteiger partial charge >= 0.3 is 0 Å². The van der Waals surface area contributed by atoms with Crippen molar-refractivity contribution < 1.29 is 8.42 Å². The minimum absolute atomic E-state index is 0.154. The summed E-state index contributed by atoms with van der Waals surface area (Å²) in [6, 6.07) is 0. The van der Waals surface area contributed by atoms with E-state index in [1.165, 1.54) is 0 Å². The first kappa shape index (κ1) is 15.9. The molecule has 1 rings (SSSR count). The molecule has 18 heavy (non-hydrogen) atoms. The van der Waals surface area contributed by atoms with Crippen LogP contribution in [0.3, 0.4) is 0 Å². The maximum Gasteiger partial charge on any atom is 0.279 e. The Balaban J connectivity index is 2.75. The molecular formula is C12H27N3O2S. The van der Waals surface area contributed by atoms with Gasteiger partial charge in [0.05, 0.1) is 0 Å². The Kier molecular flexibility index (Phi) is 5.17. The molecule has 0 aromatic heterocycles. The summed E-state index contributed by atoms with van der Waals surface area (Å²) in [5.41, 5.74) is 5.14. The van der Waals surface area contributed by atoms with Crippen molar-refractivity contribution in [3.8, 4) is 0 Å². The van der Waals surface area contributed by atoms with Gasteiger partial charge in [-0.3, -0.25) is 0 Å². The first-order valence-electron chi connectivity index (χ1n) is 6.70. The second-order valence-corrected chi connectivity index (χ2v) is 7.64. The highest BCUT2D eigenvalue weighted by molar-refractivity contribution is 7.87. The van der Waals surface area contributed by atoms with Crippen LogP contribution in [0.15, 0.2) is 0 Å². The Morgan fingerprint density at radius 3 is 2.28 bits per heavy atom. The summed E-state index contributed by atoms with van der Waals surface area (Å²) < 4.78 is 29.0. The number of nitrogens with one attached hydrogen (secondary N) is 1. The molecule has 0 aliphatic carbocycles. The molecule has 0 amide bonds. The minimum atomic E-state index is -3.42. The number of nitrogens with zero attached hydrogens (tertiary/aromatic N) is 1. The van der Waals surface area contributed by atoms with Gasteiger partial charge in [0, 0.05) is 25.2 Å². The summed E-state index contributed by atoms with van der Waals surface area (Å²) in [4.78, 5) is 0. The van der Waals surface area contributed by atoms with Gasteiger partial charge in [-0.05, 0) is 31.6 Å². The summed E-state index contributed by atoms with van der Waals surface area (Å²) in [7, 11) is -3.42. The van der Waals surface area contributed by atoms with E-state index in [4.69, 9.17) is 5.73 Å². The van der Waals surface area contributed by atoms with Gasteiger partial charge in [-0.1, -0.05) is 20.8 Å². The van der Waals surface area contributed by atoms with Gasteiger partial charge in [0.1, 0.15) is 0 Å². The smallest absolute Gasteiger partial charge is 0.279 e. The van der Waals surface area contributed by atoms with Crippen LogP contribution in [0.25, 0.3) is 0 Å². The molecule has 1 aliphatic rings. The fraction of sp³-hybridized carbons (Fsp3) is 1.00. The van der Waals surface area contributed by atoms with Crippen molar-refractivity contribution in [1.82, 2.24) is 9.03 Å². The zero-order valence-corrected chi connectivity index (χ0v) is 12.8. The van der Waals surface area contributed by atoms with Gasteiger partial charge in [0.25, 0.3) is 10.2 Å². The lowest BCUT2D eigenvalue weighted by atomic mass is 9.90. The van der Waals surface area contributed by atoms with Crippen LogP contribution < -0.4 is 10.5 Å². The maximum atomic E-state index is 12.3. The second kappa shape index (κ2) is 5.86. The van der Waals surface area contributed by atoms with Crippen LogP contribution in [0.2, 0.25) is 0 Å². The summed E-state index contributed by atoms with van der Waals surface area (Å²) >= 11 is 0. The van der Waals surface area contributed by atoms with Crippen molar-refractivity contribution in [2.45, 2.75) is 46.1 Å². The topological polar surface area (TPSA) is 75.4 Å². The van der Waals surface area contributed by atoms with E-state index in [1.807, 2.05) is 20.8 Å². The molecule has 1 unspecified atom stereocenters. The highest BCUT2D eigenvalue weighted by Crippen LogP contribution is 2.21. The average Bonchev–Trinajstić information content (AvgIpc) is 2.28. The molecule has 0 radical (unpaired) electrons. The van der Waals surface area contributed by atoms with Gasteiger partial charge in [-0.25, -0.2) is 0 Å². The van der Waals surface area contributed by atoms with Crippen molar-refractivity contribution in [3.05, 3.63) is 0 Å². The molecule has 3 N–H and O–H groups in total. The molecule has 1 fully saturated rings. The van der Waals surface area contributed by atoms with Crippen LogP contribution >= 0.6 is 0 Å². The van der Waals surface area contributed by atoms with E-state index < -0.39 is 15.7 Å². The van der Waals surface area contributed by atoms with Crippen LogP contribution in [-0.2, 0) is 10.2 Å². The van der Waals surface area contributed by atoms with E-state index in [9.17, 15) is 8.42 Å². The largest absolute Gasteiger partial charge is 0.329 e. The lowest BCUT2D eigenvalue weighted by Gasteiger charge is -2.37. The quantitative estimate of drug-likeness (QED) is 0.785. The Labute approximate surface area is 111 Å². The Hall–Kier alpha value is -0.170. The molecular weight excluding hydrogens is 250 g/mol. The number of hydrogen-bond acceptors (Lipinski definition) is 3. The molecule has 1 atom stereocenters.